The third kappa shape index (κ3) is 3.52. The fourth-order valence-electron chi connectivity index (χ4n) is 2.48. The van der Waals surface area contributed by atoms with Crippen molar-refractivity contribution < 1.29 is 13.2 Å². The maximum absolute atomic E-state index is 12.9. The second-order valence-corrected chi connectivity index (χ2v) is 5.38. The molecular formula is C13H19F3N4. The molecule has 1 heterocycles. The van der Waals surface area contributed by atoms with Gasteiger partial charge in [0.2, 0.25) is 5.95 Å². The number of halogens is 3. The fourth-order valence-corrected chi connectivity index (χ4v) is 2.48. The monoisotopic (exact) mass is 288 g/mol. The molecule has 0 bridgehead atoms. The molecular weight excluding hydrogens is 269 g/mol. The quantitative estimate of drug-likeness (QED) is 0.887. The molecule has 0 unspecified atom stereocenters. The van der Waals surface area contributed by atoms with Crippen LogP contribution in [-0.2, 0) is 6.18 Å². The minimum Gasteiger partial charge on any atom is -0.365 e. The third-order valence-electron chi connectivity index (χ3n) is 3.49. The van der Waals surface area contributed by atoms with Crippen LogP contribution in [-0.4, -0.2) is 22.1 Å². The van der Waals surface area contributed by atoms with E-state index in [4.69, 9.17) is 0 Å². The van der Waals surface area contributed by atoms with Gasteiger partial charge in [-0.05, 0) is 26.7 Å². The van der Waals surface area contributed by atoms with Crippen LogP contribution in [0.3, 0.4) is 0 Å². The minimum absolute atomic E-state index is 0.00595. The highest BCUT2D eigenvalue weighted by molar-refractivity contribution is 5.45. The van der Waals surface area contributed by atoms with Gasteiger partial charge in [0.25, 0.3) is 0 Å². The summed E-state index contributed by atoms with van der Waals surface area (Å²) in [5.41, 5.74) is -1.10. The van der Waals surface area contributed by atoms with E-state index in [2.05, 4.69) is 20.6 Å². The summed E-state index contributed by atoms with van der Waals surface area (Å²) in [7, 11) is 0. The number of hydrogen-bond donors (Lipinski definition) is 2. The molecule has 112 valence electrons. The molecule has 4 nitrogen and oxygen atoms in total. The first-order valence-corrected chi connectivity index (χ1v) is 6.81. The molecule has 0 amide bonds. The molecule has 0 aliphatic heterocycles. The van der Waals surface area contributed by atoms with E-state index in [0.29, 0.717) is 6.54 Å². The van der Waals surface area contributed by atoms with Gasteiger partial charge in [0, 0.05) is 18.2 Å². The van der Waals surface area contributed by atoms with Gasteiger partial charge in [-0.2, -0.15) is 18.2 Å². The second-order valence-electron chi connectivity index (χ2n) is 5.38. The van der Waals surface area contributed by atoms with Crippen molar-refractivity contribution in [3.8, 4) is 0 Å². The summed E-state index contributed by atoms with van der Waals surface area (Å²) >= 11 is 0. The first-order chi connectivity index (χ1) is 9.32. The molecule has 1 aromatic heterocycles. The molecule has 1 aliphatic rings. The summed E-state index contributed by atoms with van der Waals surface area (Å²) in [5, 5.41) is 5.87. The predicted octanol–water partition coefficient (Wildman–Crippen LogP) is 3.67. The van der Waals surface area contributed by atoms with Crippen molar-refractivity contribution in [2.75, 3.05) is 17.2 Å². The van der Waals surface area contributed by atoms with Crippen LogP contribution in [0.25, 0.3) is 0 Å². The van der Waals surface area contributed by atoms with Gasteiger partial charge in [-0.25, -0.2) is 4.98 Å². The van der Waals surface area contributed by atoms with Crippen molar-refractivity contribution in [1.29, 1.82) is 0 Å². The molecule has 0 saturated heterocycles. The molecule has 0 spiro atoms. The largest absolute Gasteiger partial charge is 0.433 e. The number of aromatic nitrogens is 2. The standard InChI is InChI=1S/C13H19F3N4/c1-3-17-11-18-9(13(14,15)16)8-10(19-11)20-12(2)6-4-5-7-12/h8H,3-7H2,1-2H3,(H2,17,18,19,20). The van der Waals surface area contributed by atoms with Crippen LogP contribution in [0, 0.1) is 0 Å². The van der Waals surface area contributed by atoms with E-state index in [1.54, 1.807) is 6.92 Å². The zero-order chi connectivity index (χ0) is 14.8. The first-order valence-electron chi connectivity index (χ1n) is 6.81. The van der Waals surface area contributed by atoms with E-state index in [9.17, 15) is 13.2 Å². The van der Waals surface area contributed by atoms with Crippen molar-refractivity contribution in [1.82, 2.24) is 9.97 Å². The molecule has 2 N–H and O–H groups in total. The van der Waals surface area contributed by atoms with Crippen LogP contribution >= 0.6 is 0 Å². The van der Waals surface area contributed by atoms with Crippen LogP contribution in [0.4, 0.5) is 24.9 Å². The van der Waals surface area contributed by atoms with E-state index in [1.165, 1.54) is 0 Å². The van der Waals surface area contributed by atoms with E-state index in [1.807, 2.05) is 6.92 Å². The highest BCUT2D eigenvalue weighted by Gasteiger charge is 2.35. The zero-order valence-electron chi connectivity index (χ0n) is 11.6. The lowest BCUT2D eigenvalue weighted by Gasteiger charge is -2.26. The summed E-state index contributed by atoms with van der Waals surface area (Å²) in [5.74, 6) is 0.235. The highest BCUT2D eigenvalue weighted by Crippen LogP contribution is 2.34. The molecule has 1 fully saturated rings. The van der Waals surface area contributed by atoms with Crippen molar-refractivity contribution in [3.63, 3.8) is 0 Å². The number of rotatable bonds is 4. The summed E-state index contributed by atoms with van der Waals surface area (Å²) in [6, 6.07) is 0.977. The van der Waals surface area contributed by atoms with Gasteiger partial charge in [-0.1, -0.05) is 12.8 Å². The smallest absolute Gasteiger partial charge is 0.365 e. The molecule has 0 aromatic carbocycles. The van der Waals surface area contributed by atoms with Crippen molar-refractivity contribution in [3.05, 3.63) is 11.8 Å². The van der Waals surface area contributed by atoms with Crippen LogP contribution in [0.2, 0.25) is 0 Å². The zero-order valence-corrected chi connectivity index (χ0v) is 11.6. The lowest BCUT2D eigenvalue weighted by Crippen LogP contribution is -2.31. The molecule has 1 aromatic rings. The van der Waals surface area contributed by atoms with Crippen LogP contribution in [0.15, 0.2) is 6.07 Å². The first kappa shape index (κ1) is 14.9. The SMILES string of the molecule is CCNc1nc(NC2(C)CCCC2)cc(C(F)(F)F)n1. The van der Waals surface area contributed by atoms with Gasteiger partial charge in [0.05, 0.1) is 0 Å². The predicted molar refractivity (Wildman–Crippen MR) is 71.7 cm³/mol. The van der Waals surface area contributed by atoms with Gasteiger partial charge >= 0.3 is 6.18 Å². The Morgan fingerprint density at radius 2 is 1.90 bits per heavy atom. The maximum atomic E-state index is 12.9. The summed E-state index contributed by atoms with van der Waals surface area (Å²) < 4.78 is 38.6. The molecule has 2 rings (SSSR count). The van der Waals surface area contributed by atoms with E-state index < -0.39 is 11.9 Å². The third-order valence-corrected chi connectivity index (χ3v) is 3.49. The summed E-state index contributed by atoms with van der Waals surface area (Å²) in [6.45, 7) is 4.27. The Hall–Kier alpha value is -1.53. The Kier molecular flexibility index (Phi) is 4.06. The lowest BCUT2D eigenvalue weighted by molar-refractivity contribution is -0.141. The van der Waals surface area contributed by atoms with E-state index in [0.717, 1.165) is 31.7 Å². The van der Waals surface area contributed by atoms with Gasteiger partial charge in [0.15, 0.2) is 5.69 Å². The average Bonchev–Trinajstić information content (AvgIpc) is 2.74. The normalized spacial score (nSPS) is 18.1. The van der Waals surface area contributed by atoms with Crippen LogP contribution < -0.4 is 10.6 Å². The molecule has 0 radical (unpaired) electrons. The molecule has 1 aliphatic carbocycles. The maximum Gasteiger partial charge on any atom is 0.433 e. The minimum atomic E-state index is -4.47. The number of nitrogens with one attached hydrogen (secondary N) is 2. The van der Waals surface area contributed by atoms with Gasteiger partial charge in [0.1, 0.15) is 5.82 Å². The average molecular weight is 288 g/mol. The van der Waals surface area contributed by atoms with Crippen molar-refractivity contribution >= 4 is 11.8 Å². The number of nitrogens with zero attached hydrogens (tertiary/aromatic N) is 2. The Bertz CT molecular complexity index is 467. The van der Waals surface area contributed by atoms with Crippen LogP contribution in [0.1, 0.15) is 45.2 Å². The van der Waals surface area contributed by atoms with Crippen molar-refractivity contribution in [2.45, 2.75) is 51.2 Å². The number of alkyl halides is 3. The fraction of sp³-hybridized carbons (Fsp3) is 0.692. The highest BCUT2D eigenvalue weighted by atomic mass is 19.4. The van der Waals surface area contributed by atoms with Crippen LogP contribution in [0.5, 0.6) is 0 Å². The molecule has 20 heavy (non-hydrogen) atoms. The number of anilines is 2. The Morgan fingerprint density at radius 3 is 2.45 bits per heavy atom. The molecule has 7 heteroatoms. The number of hydrogen-bond acceptors (Lipinski definition) is 4. The van der Waals surface area contributed by atoms with Gasteiger partial charge < -0.3 is 10.6 Å². The Labute approximate surface area is 116 Å². The molecule has 1 saturated carbocycles. The Morgan fingerprint density at radius 1 is 1.25 bits per heavy atom. The van der Waals surface area contributed by atoms with Gasteiger partial charge in [-0.3, -0.25) is 0 Å². The molecule has 0 atom stereocenters. The van der Waals surface area contributed by atoms with Gasteiger partial charge in [-0.15, -0.1) is 0 Å². The van der Waals surface area contributed by atoms with E-state index in [-0.39, 0.29) is 17.3 Å². The van der Waals surface area contributed by atoms with E-state index >= 15 is 0 Å². The topological polar surface area (TPSA) is 49.8 Å². The summed E-state index contributed by atoms with van der Waals surface area (Å²) in [4.78, 5) is 7.62. The second kappa shape index (κ2) is 5.46. The Balaban J connectivity index is 2.29. The van der Waals surface area contributed by atoms with Crippen molar-refractivity contribution in [2.24, 2.45) is 0 Å². The lowest BCUT2D eigenvalue weighted by atomic mass is 10.0. The summed E-state index contributed by atoms with van der Waals surface area (Å²) in [6.07, 6.45) is -0.425.